The molecule has 2 rings (SSSR count). The van der Waals surface area contributed by atoms with Crippen LogP contribution < -0.4 is 15.4 Å². The summed E-state index contributed by atoms with van der Waals surface area (Å²) in [5.41, 5.74) is 5.99. The van der Waals surface area contributed by atoms with Gasteiger partial charge < -0.3 is 20.5 Å². The molecule has 1 aliphatic rings. The van der Waals surface area contributed by atoms with Gasteiger partial charge in [-0.1, -0.05) is 6.07 Å². The zero-order valence-corrected chi connectivity index (χ0v) is 10.5. The number of nitrogens with zero attached hydrogens (tertiary/aromatic N) is 1. The minimum atomic E-state index is -1.06. The Morgan fingerprint density at radius 2 is 2.21 bits per heavy atom. The van der Waals surface area contributed by atoms with E-state index in [4.69, 9.17) is 15.6 Å². The zero-order chi connectivity index (χ0) is 13.8. The van der Waals surface area contributed by atoms with Gasteiger partial charge in [-0.2, -0.15) is 0 Å². The number of ether oxygens (including phenoxy) is 1. The topological polar surface area (TPSA) is 92.9 Å². The fourth-order valence-corrected chi connectivity index (χ4v) is 2.06. The van der Waals surface area contributed by atoms with Gasteiger partial charge in [-0.15, -0.1) is 0 Å². The number of hydrogen-bond donors (Lipinski definition) is 2. The zero-order valence-electron chi connectivity index (χ0n) is 10.5. The van der Waals surface area contributed by atoms with Crippen LogP contribution in [0.2, 0.25) is 0 Å². The predicted molar refractivity (Wildman–Crippen MR) is 69.5 cm³/mol. The maximum Gasteiger partial charge on any atom is 0.339 e. The minimum absolute atomic E-state index is 0.0578. The third-order valence-corrected chi connectivity index (χ3v) is 2.97. The van der Waals surface area contributed by atoms with Crippen LogP contribution in [0.15, 0.2) is 18.2 Å². The number of anilines is 1. The molecule has 1 aromatic carbocycles. The van der Waals surface area contributed by atoms with Crippen LogP contribution in [0.4, 0.5) is 5.69 Å². The molecule has 0 fully saturated rings. The van der Waals surface area contributed by atoms with Crippen LogP contribution >= 0.6 is 0 Å². The van der Waals surface area contributed by atoms with Crippen LogP contribution in [0.5, 0.6) is 5.75 Å². The number of para-hydroxylation sites is 1. The molecule has 6 heteroatoms. The van der Waals surface area contributed by atoms with Gasteiger partial charge in [-0.25, -0.2) is 4.79 Å². The molecule has 0 atom stereocenters. The predicted octanol–water partition coefficient (Wildman–Crippen LogP) is 0.849. The van der Waals surface area contributed by atoms with E-state index in [0.29, 0.717) is 38.2 Å². The Hall–Kier alpha value is -2.08. The number of carbonyl (C=O) groups excluding carboxylic acids is 1. The molecule has 0 aliphatic carbocycles. The first kappa shape index (κ1) is 13.4. The second-order valence-corrected chi connectivity index (χ2v) is 4.25. The largest absolute Gasteiger partial charge is 0.489 e. The Labute approximate surface area is 110 Å². The van der Waals surface area contributed by atoms with Crippen LogP contribution in [0.3, 0.4) is 0 Å². The van der Waals surface area contributed by atoms with Gasteiger partial charge in [-0.05, 0) is 25.1 Å². The van der Waals surface area contributed by atoms with Gasteiger partial charge >= 0.3 is 5.97 Å². The highest BCUT2D eigenvalue weighted by Crippen LogP contribution is 2.35. The molecule has 1 aromatic rings. The summed E-state index contributed by atoms with van der Waals surface area (Å²) in [6.07, 6.45) is 0.970. The summed E-state index contributed by atoms with van der Waals surface area (Å²) in [5.74, 6) is -0.854. The number of carbonyl (C=O) groups is 2. The van der Waals surface area contributed by atoms with Gasteiger partial charge in [0.25, 0.3) is 0 Å². The Bertz CT molecular complexity index is 501. The Morgan fingerprint density at radius 3 is 2.89 bits per heavy atom. The van der Waals surface area contributed by atoms with E-state index < -0.39 is 5.97 Å². The van der Waals surface area contributed by atoms with Crippen molar-refractivity contribution in [1.29, 1.82) is 0 Å². The van der Waals surface area contributed by atoms with Crippen LogP contribution in [0.1, 0.15) is 23.2 Å². The van der Waals surface area contributed by atoms with Crippen LogP contribution in [-0.2, 0) is 4.79 Å². The third kappa shape index (κ3) is 2.68. The van der Waals surface area contributed by atoms with Crippen molar-refractivity contribution in [3.05, 3.63) is 23.8 Å². The maximum atomic E-state index is 12.1. The van der Waals surface area contributed by atoms with E-state index in [9.17, 15) is 9.59 Å². The van der Waals surface area contributed by atoms with Gasteiger partial charge in [0.15, 0.2) is 5.75 Å². The van der Waals surface area contributed by atoms with Crippen molar-refractivity contribution >= 4 is 17.6 Å². The molecule has 0 spiro atoms. The molecule has 0 aromatic heterocycles. The van der Waals surface area contributed by atoms with Crippen molar-refractivity contribution in [2.45, 2.75) is 12.8 Å². The molecule has 6 nitrogen and oxygen atoms in total. The summed E-state index contributed by atoms with van der Waals surface area (Å²) >= 11 is 0. The van der Waals surface area contributed by atoms with Crippen molar-refractivity contribution in [2.24, 2.45) is 5.73 Å². The van der Waals surface area contributed by atoms with E-state index in [1.54, 1.807) is 17.0 Å². The quantitative estimate of drug-likeness (QED) is 0.841. The number of amides is 1. The number of aromatic carboxylic acids is 1. The van der Waals surface area contributed by atoms with E-state index in [-0.39, 0.29) is 17.2 Å². The lowest BCUT2D eigenvalue weighted by Gasteiger charge is -2.30. The number of fused-ring (bicyclic) bond motifs is 1. The van der Waals surface area contributed by atoms with Crippen LogP contribution in [0, 0.1) is 0 Å². The van der Waals surface area contributed by atoms with Gasteiger partial charge in [-0.3, -0.25) is 4.79 Å². The summed E-state index contributed by atoms with van der Waals surface area (Å²) in [5, 5.41) is 9.11. The van der Waals surface area contributed by atoms with Gasteiger partial charge in [0.05, 0.1) is 12.2 Å². The SMILES string of the molecule is NCCCC(=O)N1CCOc2c(C(=O)O)cccc21. The van der Waals surface area contributed by atoms with Crippen molar-refractivity contribution < 1.29 is 19.4 Å². The Morgan fingerprint density at radius 1 is 1.42 bits per heavy atom. The lowest BCUT2D eigenvalue weighted by molar-refractivity contribution is -0.118. The average Bonchev–Trinajstić information content (AvgIpc) is 2.43. The molecule has 1 heterocycles. The molecule has 1 aliphatic heterocycles. The number of benzene rings is 1. The minimum Gasteiger partial charge on any atom is -0.489 e. The summed E-state index contributed by atoms with van der Waals surface area (Å²) in [6, 6.07) is 4.77. The summed E-state index contributed by atoms with van der Waals surface area (Å²) in [7, 11) is 0. The fourth-order valence-electron chi connectivity index (χ4n) is 2.06. The average molecular weight is 264 g/mol. The first-order valence-corrected chi connectivity index (χ1v) is 6.14. The number of carboxylic acids is 1. The van der Waals surface area contributed by atoms with Gasteiger partial charge in [0, 0.05) is 6.42 Å². The number of hydrogen-bond acceptors (Lipinski definition) is 4. The number of nitrogens with two attached hydrogens (primary N) is 1. The highest BCUT2D eigenvalue weighted by atomic mass is 16.5. The molecule has 102 valence electrons. The van der Waals surface area contributed by atoms with Crippen molar-refractivity contribution in [3.63, 3.8) is 0 Å². The molecule has 0 bridgehead atoms. The Balaban J connectivity index is 2.32. The molecular formula is C13H16N2O4. The Kier molecular flexibility index (Phi) is 4.01. The normalized spacial score (nSPS) is 13.6. The van der Waals surface area contributed by atoms with Crippen molar-refractivity contribution in [2.75, 3.05) is 24.6 Å². The summed E-state index contributed by atoms with van der Waals surface area (Å²) < 4.78 is 5.40. The van der Waals surface area contributed by atoms with E-state index >= 15 is 0 Å². The standard InChI is InChI=1S/C13H16N2O4/c14-6-2-5-11(16)15-7-8-19-12-9(13(17)18)3-1-4-10(12)15/h1,3-4H,2,5-8,14H2,(H,17,18). The molecule has 1 amide bonds. The number of rotatable bonds is 4. The summed E-state index contributed by atoms with van der Waals surface area (Å²) in [4.78, 5) is 24.8. The van der Waals surface area contributed by atoms with E-state index in [1.165, 1.54) is 6.07 Å². The lowest BCUT2D eigenvalue weighted by atomic mass is 10.1. The van der Waals surface area contributed by atoms with E-state index in [0.717, 1.165) is 0 Å². The first-order valence-electron chi connectivity index (χ1n) is 6.14. The van der Waals surface area contributed by atoms with Crippen LogP contribution in [0.25, 0.3) is 0 Å². The molecule has 19 heavy (non-hydrogen) atoms. The molecule has 0 unspecified atom stereocenters. The van der Waals surface area contributed by atoms with Gasteiger partial charge in [0.1, 0.15) is 12.2 Å². The monoisotopic (exact) mass is 264 g/mol. The molecule has 0 saturated carbocycles. The molecule has 0 saturated heterocycles. The first-order chi connectivity index (χ1) is 9.15. The molecular weight excluding hydrogens is 248 g/mol. The fraction of sp³-hybridized carbons (Fsp3) is 0.385. The molecule has 3 N–H and O–H groups in total. The maximum absolute atomic E-state index is 12.1. The summed E-state index contributed by atoms with van der Waals surface area (Å²) in [6.45, 7) is 1.18. The van der Waals surface area contributed by atoms with Gasteiger partial charge in [0.2, 0.25) is 5.91 Å². The highest BCUT2D eigenvalue weighted by Gasteiger charge is 2.26. The van der Waals surface area contributed by atoms with E-state index in [2.05, 4.69) is 0 Å². The van der Waals surface area contributed by atoms with E-state index in [1.807, 2.05) is 0 Å². The second kappa shape index (κ2) is 5.71. The third-order valence-electron chi connectivity index (χ3n) is 2.97. The van der Waals surface area contributed by atoms with Crippen molar-refractivity contribution in [1.82, 2.24) is 0 Å². The highest BCUT2D eigenvalue weighted by molar-refractivity contribution is 5.99. The molecule has 0 radical (unpaired) electrons. The second-order valence-electron chi connectivity index (χ2n) is 4.25. The van der Waals surface area contributed by atoms with Crippen LogP contribution in [-0.4, -0.2) is 36.7 Å². The smallest absolute Gasteiger partial charge is 0.339 e. The lowest BCUT2D eigenvalue weighted by Crippen LogP contribution is -2.38. The van der Waals surface area contributed by atoms with Crippen molar-refractivity contribution in [3.8, 4) is 5.75 Å². The number of carboxylic acid groups (broad SMARTS) is 1.